The summed E-state index contributed by atoms with van der Waals surface area (Å²) in [6, 6.07) is 16.6. The number of amides is 1. The molecule has 1 aromatic heterocycles. The predicted octanol–water partition coefficient (Wildman–Crippen LogP) is 4.48. The molecule has 3 aliphatic rings. The molecule has 0 aliphatic carbocycles. The van der Waals surface area contributed by atoms with Gasteiger partial charge in [0.25, 0.3) is 0 Å². The lowest BCUT2D eigenvalue weighted by Crippen LogP contribution is -2.53. The molecule has 6 rings (SSSR count). The lowest BCUT2D eigenvalue weighted by Gasteiger charge is -2.33. The second-order valence-corrected chi connectivity index (χ2v) is 11.4. The first-order chi connectivity index (χ1) is 18.6. The standard InChI is InChI=1S/C29H35N5O3S/c1-19(34-10-9-30-27(35)17-34)26-18-38-29(33-26)25-14-21-13-23(37-22-5-3-2-4-6-22)15-24(28(21)32-25)31-16-20-7-11-36-12-8-20/h2-6,13-15,19-20,26,31-32H,7-12,16-18H2,1H3,(H,30,35). The fourth-order valence-electron chi connectivity index (χ4n) is 5.39. The molecule has 8 nitrogen and oxygen atoms in total. The van der Waals surface area contributed by atoms with E-state index in [4.69, 9.17) is 14.5 Å². The normalized spacial score (nSPS) is 21.8. The Morgan fingerprint density at radius 1 is 1.18 bits per heavy atom. The van der Waals surface area contributed by atoms with Crippen LogP contribution in [0.1, 0.15) is 25.5 Å². The summed E-state index contributed by atoms with van der Waals surface area (Å²) in [4.78, 5) is 22.9. The number of nitrogens with zero attached hydrogens (tertiary/aromatic N) is 2. The molecule has 1 amide bonds. The van der Waals surface area contributed by atoms with Crippen LogP contribution >= 0.6 is 11.8 Å². The van der Waals surface area contributed by atoms with Crippen LogP contribution in [0.4, 0.5) is 5.69 Å². The highest BCUT2D eigenvalue weighted by atomic mass is 32.2. The first-order valence-electron chi connectivity index (χ1n) is 13.6. The van der Waals surface area contributed by atoms with Crippen LogP contribution in [-0.2, 0) is 9.53 Å². The third-order valence-electron chi connectivity index (χ3n) is 7.71. The number of anilines is 1. The summed E-state index contributed by atoms with van der Waals surface area (Å²) in [5, 5.41) is 8.74. The van der Waals surface area contributed by atoms with E-state index in [2.05, 4.69) is 45.6 Å². The number of rotatable bonds is 8. The van der Waals surface area contributed by atoms with Gasteiger partial charge in [0, 0.05) is 56.1 Å². The van der Waals surface area contributed by atoms with Gasteiger partial charge in [-0.25, -0.2) is 0 Å². The fraction of sp³-hybridized carbons (Fsp3) is 0.448. The molecule has 9 heteroatoms. The van der Waals surface area contributed by atoms with Gasteiger partial charge in [0.2, 0.25) is 5.91 Å². The maximum atomic E-state index is 11.9. The van der Waals surface area contributed by atoms with E-state index in [1.807, 2.05) is 30.3 Å². The van der Waals surface area contributed by atoms with Crippen molar-refractivity contribution in [3.8, 4) is 11.5 Å². The maximum Gasteiger partial charge on any atom is 0.234 e. The quantitative estimate of drug-likeness (QED) is 0.396. The Labute approximate surface area is 227 Å². The molecule has 3 aliphatic heterocycles. The van der Waals surface area contributed by atoms with E-state index >= 15 is 0 Å². The van der Waals surface area contributed by atoms with Gasteiger partial charge in [0.15, 0.2) is 0 Å². The molecule has 2 unspecified atom stereocenters. The molecule has 2 saturated heterocycles. The minimum atomic E-state index is 0.0999. The Bertz CT molecular complexity index is 1300. The number of fused-ring (bicyclic) bond motifs is 1. The van der Waals surface area contributed by atoms with Crippen molar-refractivity contribution in [1.29, 1.82) is 0 Å². The number of aliphatic imine (C=N–C) groups is 1. The van der Waals surface area contributed by atoms with E-state index in [0.29, 0.717) is 19.0 Å². The van der Waals surface area contributed by atoms with Crippen molar-refractivity contribution in [1.82, 2.24) is 15.2 Å². The van der Waals surface area contributed by atoms with Gasteiger partial charge >= 0.3 is 0 Å². The van der Waals surface area contributed by atoms with Crippen LogP contribution in [0.5, 0.6) is 11.5 Å². The van der Waals surface area contributed by atoms with Crippen molar-refractivity contribution >= 4 is 39.3 Å². The number of thioether (sulfide) groups is 1. The van der Waals surface area contributed by atoms with Crippen molar-refractivity contribution < 1.29 is 14.3 Å². The number of benzene rings is 2. The molecule has 3 N–H and O–H groups in total. The van der Waals surface area contributed by atoms with E-state index in [9.17, 15) is 4.79 Å². The molecule has 3 aromatic rings. The summed E-state index contributed by atoms with van der Waals surface area (Å²) in [7, 11) is 0. The Hall–Kier alpha value is -3.01. The van der Waals surface area contributed by atoms with Crippen LogP contribution in [0, 0.1) is 5.92 Å². The minimum Gasteiger partial charge on any atom is -0.457 e. The Kier molecular flexibility index (Phi) is 7.58. The molecule has 2 atom stereocenters. The molecule has 0 bridgehead atoms. The number of aromatic nitrogens is 1. The van der Waals surface area contributed by atoms with Gasteiger partial charge in [-0.3, -0.25) is 14.7 Å². The van der Waals surface area contributed by atoms with Crippen molar-refractivity contribution in [2.75, 3.05) is 50.5 Å². The average molecular weight is 534 g/mol. The molecule has 200 valence electrons. The molecule has 0 radical (unpaired) electrons. The largest absolute Gasteiger partial charge is 0.457 e. The second kappa shape index (κ2) is 11.4. The van der Waals surface area contributed by atoms with Crippen molar-refractivity contribution in [3.63, 3.8) is 0 Å². The number of para-hydroxylation sites is 1. The number of nitrogens with one attached hydrogen (secondary N) is 3. The Morgan fingerprint density at radius 3 is 2.84 bits per heavy atom. The molecule has 0 saturated carbocycles. The summed E-state index contributed by atoms with van der Waals surface area (Å²) in [6.45, 7) is 6.80. The Morgan fingerprint density at radius 2 is 2.03 bits per heavy atom. The number of aromatic amines is 1. The molecule has 0 spiro atoms. The minimum absolute atomic E-state index is 0.0999. The first kappa shape index (κ1) is 25.3. The van der Waals surface area contributed by atoms with E-state index in [0.717, 1.165) is 83.7 Å². The second-order valence-electron chi connectivity index (χ2n) is 10.3. The van der Waals surface area contributed by atoms with E-state index in [-0.39, 0.29) is 18.0 Å². The number of hydrogen-bond acceptors (Lipinski definition) is 7. The number of hydrogen-bond donors (Lipinski definition) is 3. The van der Waals surface area contributed by atoms with Crippen molar-refractivity contribution in [2.45, 2.75) is 31.8 Å². The van der Waals surface area contributed by atoms with Gasteiger partial charge < -0.3 is 25.1 Å². The molecule has 2 fully saturated rings. The zero-order valence-corrected chi connectivity index (χ0v) is 22.6. The van der Waals surface area contributed by atoms with Crippen LogP contribution < -0.4 is 15.4 Å². The third kappa shape index (κ3) is 5.70. The van der Waals surface area contributed by atoms with Crippen molar-refractivity contribution in [3.05, 3.63) is 54.2 Å². The first-order valence-corrected chi connectivity index (χ1v) is 14.5. The van der Waals surface area contributed by atoms with Gasteiger partial charge in [0.1, 0.15) is 16.5 Å². The van der Waals surface area contributed by atoms with Crippen LogP contribution in [0.2, 0.25) is 0 Å². The van der Waals surface area contributed by atoms with E-state index in [1.165, 1.54) is 0 Å². The highest BCUT2D eigenvalue weighted by Crippen LogP contribution is 2.35. The number of carbonyl (C=O) groups excluding carboxylic acids is 1. The predicted molar refractivity (Wildman–Crippen MR) is 154 cm³/mol. The van der Waals surface area contributed by atoms with E-state index < -0.39 is 0 Å². The zero-order chi connectivity index (χ0) is 25.9. The van der Waals surface area contributed by atoms with Crippen LogP contribution in [0.3, 0.4) is 0 Å². The smallest absolute Gasteiger partial charge is 0.234 e. The van der Waals surface area contributed by atoms with Gasteiger partial charge in [-0.1, -0.05) is 18.2 Å². The van der Waals surface area contributed by atoms with E-state index in [1.54, 1.807) is 11.8 Å². The number of H-pyrrole nitrogens is 1. The third-order valence-corrected chi connectivity index (χ3v) is 8.81. The molecule has 4 heterocycles. The SMILES string of the molecule is CC(C1CSC(c2cc3cc(Oc4ccccc4)cc(NCC4CCOCC4)c3[nH]2)=N1)N1CCNC(=O)C1. The molecule has 2 aromatic carbocycles. The van der Waals surface area contributed by atoms with Crippen molar-refractivity contribution in [2.24, 2.45) is 10.9 Å². The van der Waals surface area contributed by atoms with Gasteiger partial charge in [0.05, 0.1) is 29.5 Å². The summed E-state index contributed by atoms with van der Waals surface area (Å²) in [5.74, 6) is 3.24. The average Bonchev–Trinajstić information content (AvgIpc) is 3.60. The van der Waals surface area contributed by atoms with Gasteiger partial charge in [-0.05, 0) is 49.9 Å². The number of piperazine rings is 1. The van der Waals surface area contributed by atoms with Gasteiger partial charge in [-0.2, -0.15) is 0 Å². The highest BCUT2D eigenvalue weighted by molar-refractivity contribution is 8.14. The highest BCUT2D eigenvalue weighted by Gasteiger charge is 2.31. The topological polar surface area (TPSA) is 91.0 Å². The lowest BCUT2D eigenvalue weighted by atomic mass is 10.0. The maximum absolute atomic E-state index is 11.9. The lowest BCUT2D eigenvalue weighted by molar-refractivity contribution is -0.124. The fourth-order valence-corrected chi connectivity index (χ4v) is 6.55. The van der Waals surface area contributed by atoms with Gasteiger partial charge in [-0.15, -0.1) is 11.8 Å². The van der Waals surface area contributed by atoms with Crippen LogP contribution in [-0.4, -0.2) is 78.1 Å². The summed E-state index contributed by atoms with van der Waals surface area (Å²) in [6.07, 6.45) is 2.16. The number of ether oxygens (including phenoxy) is 2. The molecular weight excluding hydrogens is 498 g/mol. The summed E-state index contributed by atoms with van der Waals surface area (Å²) in [5.41, 5.74) is 3.14. The van der Waals surface area contributed by atoms with Crippen LogP contribution in [0.15, 0.2) is 53.5 Å². The Balaban J connectivity index is 1.26. The monoisotopic (exact) mass is 533 g/mol. The number of carbonyl (C=O) groups is 1. The molecular formula is C29H35N5O3S. The molecule has 38 heavy (non-hydrogen) atoms. The zero-order valence-electron chi connectivity index (χ0n) is 21.7. The van der Waals surface area contributed by atoms with Crippen LogP contribution in [0.25, 0.3) is 10.9 Å². The summed E-state index contributed by atoms with van der Waals surface area (Å²) >= 11 is 1.79. The summed E-state index contributed by atoms with van der Waals surface area (Å²) < 4.78 is 11.8.